The van der Waals surface area contributed by atoms with Gasteiger partial charge >= 0.3 is 0 Å². The number of hydrogen-bond acceptors (Lipinski definition) is 3. The quantitative estimate of drug-likeness (QED) is 0.854. The lowest BCUT2D eigenvalue weighted by Gasteiger charge is -2.32. The van der Waals surface area contributed by atoms with Crippen LogP contribution in [0.2, 0.25) is 0 Å². The zero-order valence-electron chi connectivity index (χ0n) is 12.2. The van der Waals surface area contributed by atoms with Crippen LogP contribution >= 0.6 is 0 Å². The largest absolute Gasteiger partial charge is 0.338 e. The Morgan fingerprint density at radius 1 is 1.25 bits per heavy atom. The number of ketones is 1. The summed E-state index contributed by atoms with van der Waals surface area (Å²) in [4.78, 5) is 25.6. The van der Waals surface area contributed by atoms with E-state index in [-0.39, 0.29) is 11.7 Å². The Morgan fingerprint density at radius 2 is 1.90 bits per heavy atom. The van der Waals surface area contributed by atoms with E-state index in [1.165, 1.54) is 13.3 Å². The Morgan fingerprint density at radius 3 is 2.50 bits per heavy atom. The number of carbonyl (C=O) groups excluding carboxylic acids is 2. The summed E-state index contributed by atoms with van der Waals surface area (Å²) in [7, 11) is 1.95. The second kappa shape index (κ2) is 6.66. The Balaban J connectivity index is 2.04. The second-order valence-corrected chi connectivity index (χ2v) is 5.45. The second-order valence-electron chi connectivity index (χ2n) is 5.45. The van der Waals surface area contributed by atoms with Gasteiger partial charge < -0.3 is 10.2 Å². The predicted octanol–water partition coefficient (Wildman–Crippen LogP) is 1.96. The van der Waals surface area contributed by atoms with Gasteiger partial charge in [0.25, 0.3) is 5.91 Å². The Hall–Kier alpha value is -1.68. The molecule has 1 aliphatic rings. The maximum Gasteiger partial charge on any atom is 0.253 e. The van der Waals surface area contributed by atoms with Crippen LogP contribution in [0.5, 0.6) is 0 Å². The van der Waals surface area contributed by atoms with E-state index in [4.69, 9.17) is 0 Å². The van der Waals surface area contributed by atoms with Crippen LogP contribution < -0.4 is 5.32 Å². The SMILES string of the molecule is CNCC1CCCN(C(=O)c2ccc(C(C)=O)cc2)C1. The Labute approximate surface area is 120 Å². The van der Waals surface area contributed by atoms with E-state index in [2.05, 4.69) is 5.32 Å². The number of amides is 1. The van der Waals surface area contributed by atoms with Gasteiger partial charge in [0.15, 0.2) is 5.78 Å². The molecular formula is C16H22N2O2. The minimum absolute atomic E-state index is 0.0241. The first kappa shape index (κ1) is 14.7. The van der Waals surface area contributed by atoms with Crippen LogP contribution in [0.1, 0.15) is 40.5 Å². The monoisotopic (exact) mass is 274 g/mol. The molecule has 4 nitrogen and oxygen atoms in total. The number of hydrogen-bond donors (Lipinski definition) is 1. The molecule has 1 aromatic rings. The molecule has 1 saturated heterocycles. The summed E-state index contributed by atoms with van der Waals surface area (Å²) in [5.41, 5.74) is 1.31. The molecule has 0 radical (unpaired) electrons. The van der Waals surface area contributed by atoms with Crippen molar-refractivity contribution in [1.29, 1.82) is 0 Å². The molecule has 1 aromatic carbocycles. The van der Waals surface area contributed by atoms with Crippen molar-refractivity contribution in [3.63, 3.8) is 0 Å². The number of piperidine rings is 1. The molecule has 1 N–H and O–H groups in total. The van der Waals surface area contributed by atoms with Gasteiger partial charge in [-0.05, 0) is 51.4 Å². The zero-order chi connectivity index (χ0) is 14.5. The summed E-state index contributed by atoms with van der Waals surface area (Å²) in [6, 6.07) is 6.96. The summed E-state index contributed by atoms with van der Waals surface area (Å²) in [5, 5.41) is 3.18. The van der Waals surface area contributed by atoms with Gasteiger partial charge in [-0.15, -0.1) is 0 Å². The third-order valence-corrected chi connectivity index (χ3v) is 3.84. The number of nitrogens with one attached hydrogen (secondary N) is 1. The highest BCUT2D eigenvalue weighted by Crippen LogP contribution is 2.18. The van der Waals surface area contributed by atoms with E-state index in [9.17, 15) is 9.59 Å². The lowest BCUT2D eigenvalue weighted by molar-refractivity contribution is 0.0674. The molecule has 4 heteroatoms. The van der Waals surface area contributed by atoms with Crippen molar-refractivity contribution in [1.82, 2.24) is 10.2 Å². The number of carbonyl (C=O) groups is 2. The van der Waals surface area contributed by atoms with Crippen LogP contribution in [0.25, 0.3) is 0 Å². The summed E-state index contributed by atoms with van der Waals surface area (Å²) in [6.07, 6.45) is 2.23. The van der Waals surface area contributed by atoms with Crippen molar-refractivity contribution in [2.24, 2.45) is 5.92 Å². The van der Waals surface area contributed by atoms with Crippen molar-refractivity contribution in [3.8, 4) is 0 Å². The van der Waals surface area contributed by atoms with Crippen molar-refractivity contribution < 1.29 is 9.59 Å². The highest BCUT2D eigenvalue weighted by Gasteiger charge is 2.23. The first-order valence-corrected chi connectivity index (χ1v) is 7.16. The fourth-order valence-electron chi connectivity index (χ4n) is 2.73. The molecule has 1 heterocycles. The maximum atomic E-state index is 12.5. The van der Waals surface area contributed by atoms with Crippen LogP contribution in [-0.2, 0) is 0 Å². The smallest absolute Gasteiger partial charge is 0.253 e. The molecule has 1 aliphatic heterocycles. The van der Waals surface area contributed by atoms with Gasteiger partial charge in [-0.2, -0.15) is 0 Å². The fourth-order valence-corrected chi connectivity index (χ4v) is 2.73. The first-order chi connectivity index (χ1) is 9.61. The predicted molar refractivity (Wildman–Crippen MR) is 79.0 cm³/mol. The van der Waals surface area contributed by atoms with E-state index in [0.29, 0.717) is 17.0 Å². The van der Waals surface area contributed by atoms with Gasteiger partial charge in [0.05, 0.1) is 0 Å². The molecule has 0 bridgehead atoms. The summed E-state index contributed by atoms with van der Waals surface area (Å²) < 4.78 is 0. The van der Waals surface area contributed by atoms with Gasteiger partial charge in [-0.1, -0.05) is 12.1 Å². The summed E-state index contributed by atoms with van der Waals surface area (Å²) in [6.45, 7) is 4.12. The molecule has 1 amide bonds. The number of nitrogens with zero attached hydrogens (tertiary/aromatic N) is 1. The van der Waals surface area contributed by atoms with E-state index in [1.54, 1.807) is 24.3 Å². The number of rotatable bonds is 4. The summed E-state index contributed by atoms with van der Waals surface area (Å²) >= 11 is 0. The minimum atomic E-state index is 0.0241. The van der Waals surface area contributed by atoms with Crippen molar-refractivity contribution in [2.45, 2.75) is 19.8 Å². The molecule has 0 aromatic heterocycles. The number of benzene rings is 1. The average molecular weight is 274 g/mol. The van der Waals surface area contributed by atoms with Gasteiger partial charge in [0.1, 0.15) is 0 Å². The molecule has 0 spiro atoms. The molecule has 1 atom stereocenters. The van der Waals surface area contributed by atoms with Gasteiger partial charge in [-0.3, -0.25) is 9.59 Å². The average Bonchev–Trinajstić information content (AvgIpc) is 2.47. The van der Waals surface area contributed by atoms with Gasteiger partial charge in [-0.25, -0.2) is 0 Å². The molecule has 2 rings (SSSR count). The normalized spacial score (nSPS) is 18.9. The lowest BCUT2D eigenvalue weighted by atomic mass is 9.97. The first-order valence-electron chi connectivity index (χ1n) is 7.16. The maximum absolute atomic E-state index is 12.5. The van der Waals surface area contributed by atoms with Crippen molar-refractivity contribution in [2.75, 3.05) is 26.7 Å². The molecule has 1 fully saturated rings. The number of likely N-dealkylation sites (tertiary alicyclic amines) is 1. The zero-order valence-corrected chi connectivity index (χ0v) is 12.2. The molecule has 0 saturated carbocycles. The van der Waals surface area contributed by atoms with Crippen LogP contribution in [0.4, 0.5) is 0 Å². The van der Waals surface area contributed by atoms with Crippen LogP contribution in [0, 0.1) is 5.92 Å². The molecular weight excluding hydrogens is 252 g/mol. The molecule has 1 unspecified atom stereocenters. The summed E-state index contributed by atoms with van der Waals surface area (Å²) in [5.74, 6) is 0.631. The van der Waals surface area contributed by atoms with E-state index < -0.39 is 0 Å². The van der Waals surface area contributed by atoms with Crippen molar-refractivity contribution in [3.05, 3.63) is 35.4 Å². The Bertz CT molecular complexity index is 480. The van der Waals surface area contributed by atoms with E-state index in [0.717, 1.165) is 26.1 Å². The highest BCUT2D eigenvalue weighted by molar-refractivity contribution is 5.97. The van der Waals surface area contributed by atoms with E-state index in [1.807, 2.05) is 11.9 Å². The third-order valence-electron chi connectivity index (χ3n) is 3.84. The van der Waals surface area contributed by atoms with Crippen molar-refractivity contribution >= 4 is 11.7 Å². The van der Waals surface area contributed by atoms with Crippen LogP contribution in [-0.4, -0.2) is 43.3 Å². The standard InChI is InChI=1S/C16H22N2O2/c1-12(19)14-5-7-15(8-6-14)16(20)18-9-3-4-13(11-18)10-17-2/h5-8,13,17H,3-4,9-11H2,1-2H3. The van der Waals surface area contributed by atoms with E-state index >= 15 is 0 Å². The van der Waals surface area contributed by atoms with Gasteiger partial charge in [0.2, 0.25) is 0 Å². The lowest BCUT2D eigenvalue weighted by Crippen LogP contribution is -2.42. The topological polar surface area (TPSA) is 49.4 Å². The Kier molecular flexibility index (Phi) is 4.90. The minimum Gasteiger partial charge on any atom is -0.338 e. The molecule has 20 heavy (non-hydrogen) atoms. The number of Topliss-reactive ketones (excluding diaryl/α,β-unsaturated/α-hetero) is 1. The van der Waals surface area contributed by atoms with Crippen LogP contribution in [0.3, 0.4) is 0 Å². The van der Waals surface area contributed by atoms with Gasteiger partial charge in [0, 0.05) is 24.2 Å². The fraction of sp³-hybridized carbons (Fsp3) is 0.500. The molecule has 0 aliphatic carbocycles. The van der Waals surface area contributed by atoms with Crippen LogP contribution in [0.15, 0.2) is 24.3 Å². The molecule has 108 valence electrons. The third kappa shape index (κ3) is 3.45. The highest BCUT2D eigenvalue weighted by atomic mass is 16.2.